The third-order valence-corrected chi connectivity index (χ3v) is 3.88. The van der Waals surface area contributed by atoms with Gasteiger partial charge in [-0.25, -0.2) is 14.4 Å². The van der Waals surface area contributed by atoms with E-state index in [-0.39, 0.29) is 5.82 Å². The molecule has 0 unspecified atom stereocenters. The van der Waals surface area contributed by atoms with Crippen LogP contribution < -0.4 is 5.43 Å². The van der Waals surface area contributed by atoms with Gasteiger partial charge >= 0.3 is 0 Å². The lowest BCUT2D eigenvalue weighted by molar-refractivity contribution is 0.628. The molecule has 0 spiro atoms. The average molecular weight is 286 g/mol. The number of hydrogen-bond acceptors (Lipinski definition) is 5. The summed E-state index contributed by atoms with van der Waals surface area (Å²) >= 11 is 1.58. The van der Waals surface area contributed by atoms with Gasteiger partial charge in [0.2, 0.25) is 0 Å². The van der Waals surface area contributed by atoms with Crippen LogP contribution >= 0.6 is 11.3 Å². The summed E-state index contributed by atoms with van der Waals surface area (Å²) in [6.07, 6.45) is 3.13. The first-order chi connectivity index (χ1) is 9.74. The fourth-order valence-corrected chi connectivity index (χ4v) is 2.71. The summed E-state index contributed by atoms with van der Waals surface area (Å²) < 4.78 is 13.7. The van der Waals surface area contributed by atoms with Crippen LogP contribution in [0, 0.1) is 12.7 Å². The first-order valence-electron chi connectivity index (χ1n) is 5.97. The van der Waals surface area contributed by atoms with Crippen molar-refractivity contribution in [3.8, 4) is 0 Å². The molecule has 0 radical (unpaired) electrons. The van der Waals surface area contributed by atoms with Crippen molar-refractivity contribution >= 4 is 33.6 Å². The highest BCUT2D eigenvalue weighted by Gasteiger charge is 2.06. The van der Waals surface area contributed by atoms with Crippen molar-refractivity contribution in [1.29, 1.82) is 0 Å². The molecule has 0 aliphatic heterocycles. The number of hydrazone groups is 1. The Morgan fingerprint density at radius 1 is 1.25 bits per heavy atom. The number of benzene rings is 1. The van der Waals surface area contributed by atoms with E-state index in [0.717, 1.165) is 21.3 Å². The van der Waals surface area contributed by atoms with Crippen molar-refractivity contribution in [2.75, 3.05) is 5.43 Å². The maximum atomic E-state index is 12.8. The molecule has 3 aromatic rings. The van der Waals surface area contributed by atoms with Crippen molar-refractivity contribution in [3.05, 3.63) is 52.9 Å². The van der Waals surface area contributed by atoms with Gasteiger partial charge in [0, 0.05) is 0 Å². The SMILES string of the molecule is Cc1csc2c(N/N=C/c3ccc(F)cc3)ncnc12. The van der Waals surface area contributed by atoms with Crippen molar-refractivity contribution in [3.63, 3.8) is 0 Å². The number of rotatable bonds is 3. The first kappa shape index (κ1) is 12.7. The van der Waals surface area contributed by atoms with Crippen LogP contribution in [0.4, 0.5) is 10.2 Å². The largest absolute Gasteiger partial charge is 0.260 e. The Hall–Kier alpha value is -2.34. The number of aromatic nitrogens is 2. The van der Waals surface area contributed by atoms with Gasteiger partial charge in [0.1, 0.15) is 12.1 Å². The van der Waals surface area contributed by atoms with Gasteiger partial charge in [0.05, 0.1) is 16.4 Å². The zero-order valence-corrected chi connectivity index (χ0v) is 11.5. The van der Waals surface area contributed by atoms with Crippen LogP contribution in [0.25, 0.3) is 10.2 Å². The summed E-state index contributed by atoms with van der Waals surface area (Å²) in [7, 11) is 0. The van der Waals surface area contributed by atoms with E-state index in [4.69, 9.17) is 0 Å². The smallest absolute Gasteiger partial charge is 0.167 e. The number of nitrogens with zero attached hydrogens (tertiary/aromatic N) is 3. The summed E-state index contributed by atoms with van der Waals surface area (Å²) in [6, 6.07) is 6.11. The highest BCUT2D eigenvalue weighted by molar-refractivity contribution is 7.18. The van der Waals surface area contributed by atoms with Gasteiger partial charge in [-0.1, -0.05) is 12.1 Å². The van der Waals surface area contributed by atoms with Crippen LogP contribution in [0.3, 0.4) is 0 Å². The lowest BCUT2D eigenvalue weighted by Crippen LogP contribution is -1.94. The number of thiophene rings is 1. The molecular formula is C14H11FN4S. The predicted octanol–water partition coefficient (Wildman–Crippen LogP) is 3.58. The second kappa shape index (κ2) is 5.34. The summed E-state index contributed by atoms with van der Waals surface area (Å²) in [6.45, 7) is 2.01. The van der Waals surface area contributed by atoms with E-state index in [1.807, 2.05) is 12.3 Å². The normalized spacial score (nSPS) is 11.3. The molecule has 2 aromatic heterocycles. The molecule has 6 heteroatoms. The summed E-state index contributed by atoms with van der Waals surface area (Å²) in [4.78, 5) is 8.42. The topological polar surface area (TPSA) is 50.2 Å². The quantitative estimate of drug-likeness (QED) is 0.591. The summed E-state index contributed by atoms with van der Waals surface area (Å²) in [5.41, 5.74) is 5.77. The highest BCUT2D eigenvalue weighted by Crippen LogP contribution is 2.28. The van der Waals surface area contributed by atoms with E-state index in [9.17, 15) is 4.39 Å². The molecule has 0 bridgehead atoms. The molecule has 0 atom stereocenters. The fourth-order valence-electron chi connectivity index (χ4n) is 1.77. The highest BCUT2D eigenvalue weighted by atomic mass is 32.1. The lowest BCUT2D eigenvalue weighted by atomic mass is 10.2. The maximum Gasteiger partial charge on any atom is 0.167 e. The lowest BCUT2D eigenvalue weighted by Gasteiger charge is -2.00. The Morgan fingerprint density at radius 2 is 2.05 bits per heavy atom. The molecule has 1 N–H and O–H groups in total. The van der Waals surface area contributed by atoms with E-state index < -0.39 is 0 Å². The molecule has 0 aliphatic carbocycles. The monoisotopic (exact) mass is 286 g/mol. The Kier molecular flexibility index (Phi) is 3.39. The van der Waals surface area contributed by atoms with Gasteiger partial charge in [0.25, 0.3) is 0 Å². The van der Waals surface area contributed by atoms with Crippen LogP contribution in [-0.4, -0.2) is 16.2 Å². The van der Waals surface area contributed by atoms with Crippen LogP contribution in [0.2, 0.25) is 0 Å². The van der Waals surface area contributed by atoms with Crippen LogP contribution in [0.5, 0.6) is 0 Å². The molecule has 4 nitrogen and oxygen atoms in total. The number of halogens is 1. The van der Waals surface area contributed by atoms with E-state index in [1.165, 1.54) is 18.5 Å². The van der Waals surface area contributed by atoms with Crippen molar-refractivity contribution in [2.24, 2.45) is 5.10 Å². The predicted molar refractivity (Wildman–Crippen MR) is 79.8 cm³/mol. The molecule has 3 rings (SSSR count). The number of nitrogens with one attached hydrogen (secondary N) is 1. The molecular weight excluding hydrogens is 275 g/mol. The fraction of sp³-hybridized carbons (Fsp3) is 0.0714. The number of fused-ring (bicyclic) bond motifs is 1. The minimum Gasteiger partial charge on any atom is -0.260 e. The summed E-state index contributed by atoms with van der Waals surface area (Å²) in [5, 5.41) is 6.16. The molecule has 2 heterocycles. The van der Waals surface area contributed by atoms with Gasteiger partial charge in [0.15, 0.2) is 5.82 Å². The van der Waals surface area contributed by atoms with Crippen LogP contribution in [0.15, 0.2) is 41.1 Å². The molecule has 1 aromatic carbocycles. The zero-order valence-electron chi connectivity index (χ0n) is 10.7. The Balaban J connectivity index is 1.81. The minimum absolute atomic E-state index is 0.262. The van der Waals surface area contributed by atoms with Gasteiger partial charge in [-0.3, -0.25) is 5.43 Å². The van der Waals surface area contributed by atoms with Crippen molar-refractivity contribution in [1.82, 2.24) is 9.97 Å². The van der Waals surface area contributed by atoms with E-state index >= 15 is 0 Å². The van der Waals surface area contributed by atoms with Crippen LogP contribution in [-0.2, 0) is 0 Å². The number of aryl methyl sites for hydroxylation is 1. The summed E-state index contributed by atoms with van der Waals surface area (Å²) in [5.74, 6) is 0.410. The minimum atomic E-state index is -0.262. The zero-order chi connectivity index (χ0) is 13.9. The van der Waals surface area contributed by atoms with E-state index in [2.05, 4.69) is 20.5 Å². The molecule has 0 saturated carbocycles. The maximum absolute atomic E-state index is 12.8. The number of hydrogen-bond donors (Lipinski definition) is 1. The van der Waals surface area contributed by atoms with Crippen LogP contribution in [0.1, 0.15) is 11.1 Å². The Bertz CT molecular complexity index is 764. The number of anilines is 1. The van der Waals surface area contributed by atoms with Gasteiger partial charge in [-0.2, -0.15) is 5.10 Å². The average Bonchev–Trinajstić information content (AvgIpc) is 2.84. The third-order valence-electron chi connectivity index (χ3n) is 2.78. The Labute approximate surface area is 119 Å². The third kappa shape index (κ3) is 2.50. The molecule has 20 heavy (non-hydrogen) atoms. The van der Waals surface area contributed by atoms with Crippen molar-refractivity contribution < 1.29 is 4.39 Å². The van der Waals surface area contributed by atoms with E-state index in [1.54, 1.807) is 29.7 Å². The van der Waals surface area contributed by atoms with E-state index in [0.29, 0.717) is 5.82 Å². The van der Waals surface area contributed by atoms with Gasteiger partial charge in [-0.05, 0) is 35.6 Å². The molecule has 0 amide bonds. The molecule has 0 saturated heterocycles. The van der Waals surface area contributed by atoms with Gasteiger partial charge in [-0.15, -0.1) is 11.3 Å². The molecule has 0 fully saturated rings. The molecule has 0 aliphatic rings. The standard InChI is InChI=1S/C14H11FN4S/c1-9-7-20-13-12(9)16-8-17-14(13)19-18-6-10-2-4-11(15)5-3-10/h2-8H,1H3,(H,16,17,19)/b18-6+. The second-order valence-electron chi connectivity index (χ2n) is 4.24. The molecule has 100 valence electrons. The Morgan fingerprint density at radius 3 is 2.85 bits per heavy atom. The second-order valence-corrected chi connectivity index (χ2v) is 5.12. The van der Waals surface area contributed by atoms with Crippen molar-refractivity contribution in [2.45, 2.75) is 6.92 Å². The first-order valence-corrected chi connectivity index (χ1v) is 6.85. The van der Waals surface area contributed by atoms with Gasteiger partial charge < -0.3 is 0 Å².